The van der Waals surface area contributed by atoms with Crippen LogP contribution in [0.15, 0.2) is 89.8 Å². The van der Waals surface area contributed by atoms with Gasteiger partial charge in [0.2, 0.25) is 0 Å². The van der Waals surface area contributed by atoms with Gasteiger partial charge < -0.3 is 9.15 Å². The van der Waals surface area contributed by atoms with Crippen LogP contribution in [-0.4, -0.2) is 0 Å². The first-order valence-electron chi connectivity index (χ1n) is 21.4. The quantitative estimate of drug-likeness (QED) is 0.0873. The van der Waals surface area contributed by atoms with Gasteiger partial charge in [0.05, 0.1) is 12.5 Å². The van der Waals surface area contributed by atoms with Gasteiger partial charge >= 0.3 is 0 Å². The van der Waals surface area contributed by atoms with E-state index in [1.54, 1.807) is 0 Å². The van der Waals surface area contributed by atoms with Gasteiger partial charge in [-0.25, -0.2) is 0 Å². The monoisotopic (exact) mass is 756 g/mol. The summed E-state index contributed by atoms with van der Waals surface area (Å²) in [5, 5.41) is 23.8. The lowest BCUT2D eigenvalue weighted by molar-refractivity contribution is 0.0887. The molecule has 2 heteroatoms. The van der Waals surface area contributed by atoms with Crippen molar-refractivity contribution in [3.8, 4) is 0 Å². The van der Waals surface area contributed by atoms with Crippen molar-refractivity contribution in [2.75, 3.05) is 0 Å². The van der Waals surface area contributed by atoms with E-state index in [-0.39, 0.29) is 33.9 Å². The van der Waals surface area contributed by atoms with E-state index in [1.165, 1.54) is 130 Å². The molecule has 2 atom stereocenters. The zero-order chi connectivity index (χ0) is 40.3. The normalized spacial score (nSPS) is 17.9. The van der Waals surface area contributed by atoms with E-state index in [9.17, 15) is 0 Å². The molecule has 2 aliphatic heterocycles. The third-order valence-corrected chi connectivity index (χ3v) is 14.3. The minimum absolute atomic E-state index is 0.0127. The van der Waals surface area contributed by atoms with Crippen molar-refractivity contribution in [3.63, 3.8) is 0 Å². The topological polar surface area (TPSA) is 22.4 Å². The molecule has 2 bridgehead atoms. The summed E-state index contributed by atoms with van der Waals surface area (Å²) in [7, 11) is 0. The summed E-state index contributed by atoms with van der Waals surface area (Å²) in [6.45, 7) is 28.2. The van der Waals surface area contributed by atoms with Gasteiger partial charge in [-0.15, -0.1) is 0 Å². The van der Waals surface area contributed by atoms with Crippen LogP contribution in [0.3, 0.4) is 0 Å². The second-order valence-corrected chi connectivity index (χ2v) is 22.1. The average molecular weight is 757 g/mol. The summed E-state index contributed by atoms with van der Waals surface area (Å²) in [5.74, 6) is 0. The van der Waals surface area contributed by atoms with Crippen molar-refractivity contribution in [2.45, 2.75) is 117 Å². The van der Waals surface area contributed by atoms with Crippen LogP contribution in [0.1, 0.15) is 129 Å². The predicted octanol–water partition coefficient (Wildman–Crippen LogP) is 16.4. The Hall–Kier alpha value is -5.18. The second-order valence-electron chi connectivity index (χ2n) is 22.1. The molecule has 2 unspecified atom stereocenters. The number of ether oxygens (including phenoxy) is 1. The van der Waals surface area contributed by atoms with Gasteiger partial charge in [0.15, 0.2) is 0 Å². The molecule has 0 aliphatic carbocycles. The van der Waals surface area contributed by atoms with Crippen molar-refractivity contribution in [2.24, 2.45) is 0 Å². The summed E-state index contributed by atoms with van der Waals surface area (Å²) in [4.78, 5) is 0. The van der Waals surface area contributed by atoms with Crippen LogP contribution in [-0.2, 0) is 26.4 Å². The second kappa shape index (κ2) is 10.5. The fraction of sp³-hybridized carbons (Fsp3) is 0.321. The number of furan rings is 1. The van der Waals surface area contributed by atoms with Crippen molar-refractivity contribution < 1.29 is 9.15 Å². The Morgan fingerprint density at radius 1 is 0.310 bits per heavy atom. The van der Waals surface area contributed by atoms with Gasteiger partial charge in [-0.1, -0.05) is 107 Å². The molecule has 288 valence electrons. The Labute approximate surface area is 340 Å². The maximum atomic E-state index is 6.75. The lowest BCUT2D eigenvalue weighted by atomic mass is 9.75. The van der Waals surface area contributed by atoms with Crippen LogP contribution < -0.4 is 0 Å². The van der Waals surface area contributed by atoms with E-state index in [2.05, 4.69) is 156 Å². The van der Waals surface area contributed by atoms with Crippen LogP contribution in [0.4, 0.5) is 0 Å². The third kappa shape index (κ3) is 4.37. The zero-order valence-electron chi connectivity index (χ0n) is 36.1. The first kappa shape index (κ1) is 34.8. The Bertz CT molecular complexity index is 3270. The molecule has 2 nitrogen and oxygen atoms in total. The largest absolute Gasteiger partial charge is 0.471 e. The summed E-state index contributed by atoms with van der Waals surface area (Å²) in [5.41, 5.74) is 8.02. The molecule has 1 aromatic heterocycles. The molecule has 0 radical (unpaired) electrons. The summed E-state index contributed by atoms with van der Waals surface area (Å²) < 4.78 is 12.9. The molecule has 0 N–H and O–H groups in total. The number of rotatable bonds is 0. The summed E-state index contributed by atoms with van der Waals surface area (Å²) in [6.07, 6.45) is 8.52. The molecule has 12 rings (SSSR count). The molecule has 9 aromatic carbocycles. The minimum Gasteiger partial charge on any atom is -0.471 e. The highest BCUT2D eigenvalue weighted by Gasteiger charge is 2.39. The highest BCUT2D eigenvalue weighted by molar-refractivity contribution is 6.43. The fourth-order valence-corrected chi connectivity index (χ4v) is 11.0. The predicted molar refractivity (Wildman–Crippen MR) is 249 cm³/mol. The van der Waals surface area contributed by atoms with Gasteiger partial charge in [0, 0.05) is 10.8 Å². The smallest absolute Gasteiger partial charge is 0.103 e. The number of hydrogen-bond acceptors (Lipinski definition) is 2. The Morgan fingerprint density at radius 3 is 0.862 bits per heavy atom. The van der Waals surface area contributed by atoms with Crippen molar-refractivity contribution in [3.05, 3.63) is 119 Å². The number of fused-ring (bicyclic) bond motifs is 16. The minimum atomic E-state index is -0.0398. The highest BCUT2D eigenvalue weighted by Crippen LogP contribution is 2.57. The molecule has 0 spiro atoms. The van der Waals surface area contributed by atoms with Crippen molar-refractivity contribution in [1.82, 2.24) is 0 Å². The number of benzene rings is 9. The summed E-state index contributed by atoms with van der Waals surface area (Å²) >= 11 is 0. The van der Waals surface area contributed by atoms with Gasteiger partial charge in [0.25, 0.3) is 0 Å². The van der Waals surface area contributed by atoms with Crippen molar-refractivity contribution >= 4 is 97.0 Å². The van der Waals surface area contributed by atoms with Gasteiger partial charge in [0.1, 0.15) is 12.2 Å². The highest BCUT2D eigenvalue weighted by atomic mass is 16.5. The zero-order valence-corrected chi connectivity index (χ0v) is 36.1. The average Bonchev–Trinajstić information content (AvgIpc) is 3.92. The van der Waals surface area contributed by atoms with Crippen LogP contribution in [0.5, 0.6) is 0 Å². The Balaban J connectivity index is 1.40. The van der Waals surface area contributed by atoms with E-state index in [0.29, 0.717) is 0 Å². The Kier molecular flexibility index (Phi) is 6.31. The molecule has 0 amide bonds. The molecule has 58 heavy (non-hydrogen) atoms. The molecular formula is C56H52O2. The molecule has 3 heterocycles. The Morgan fingerprint density at radius 2 is 0.569 bits per heavy atom. The van der Waals surface area contributed by atoms with Gasteiger partial charge in [-0.2, -0.15) is 0 Å². The molecule has 2 aliphatic rings. The molecule has 0 saturated carbocycles. The lowest BCUT2D eigenvalue weighted by Gasteiger charge is -2.28. The summed E-state index contributed by atoms with van der Waals surface area (Å²) in [6, 6.07) is 25.2. The van der Waals surface area contributed by atoms with Crippen molar-refractivity contribution in [1.29, 1.82) is 0 Å². The number of hydrogen-bond donors (Lipinski definition) is 0. The van der Waals surface area contributed by atoms with E-state index in [1.807, 2.05) is 12.5 Å². The van der Waals surface area contributed by atoms with E-state index < -0.39 is 0 Å². The van der Waals surface area contributed by atoms with Crippen LogP contribution in [0.2, 0.25) is 0 Å². The van der Waals surface area contributed by atoms with E-state index >= 15 is 0 Å². The van der Waals surface area contributed by atoms with E-state index in [4.69, 9.17) is 9.15 Å². The first-order chi connectivity index (χ1) is 27.3. The van der Waals surface area contributed by atoms with Gasteiger partial charge in [-0.3, -0.25) is 0 Å². The SMILES string of the molecule is CC(C)(C)c1cc2c3c(c4cc(C(C)(C)C)cc5c6cc7c(cc6c(c1)c2c45)c1cc(C(C)(C)C)cc2c4cocc4c4cc(C(C)(C)C)cc7c4c21)C1C=CC3O1. The van der Waals surface area contributed by atoms with Crippen LogP contribution in [0.25, 0.3) is 97.0 Å². The molecule has 0 saturated heterocycles. The molecular weight excluding hydrogens is 705 g/mol. The fourth-order valence-electron chi connectivity index (χ4n) is 11.0. The maximum Gasteiger partial charge on any atom is 0.103 e. The van der Waals surface area contributed by atoms with E-state index in [0.717, 1.165) is 0 Å². The lowest BCUT2D eigenvalue weighted by Crippen LogP contribution is -2.13. The van der Waals surface area contributed by atoms with Crippen LogP contribution in [0, 0.1) is 0 Å². The standard InChI is InChI=1S/C56H52O2/c1-53(2,3)27-15-35-31-23-33-34(24-32(31)36-16-28(54(4,5)6)20-40-44-26-57-25-43(44)39(19-27)47(35)48(36)40)38-18-30(56(10,11)12)22-42-50(38)49-37(33)17-29(55(7,8)9)21-41(49)51-45-13-14-46(58-45)52(42)51/h13-26,45-46H,1-12H3. The molecule has 10 aromatic rings. The first-order valence-corrected chi connectivity index (χ1v) is 21.4. The molecule has 0 fully saturated rings. The van der Waals surface area contributed by atoms with Gasteiger partial charge in [-0.05, 0) is 190 Å². The third-order valence-electron chi connectivity index (χ3n) is 14.3. The maximum absolute atomic E-state index is 6.75. The van der Waals surface area contributed by atoms with Crippen LogP contribution >= 0.6 is 0 Å².